The van der Waals surface area contributed by atoms with Crippen LogP contribution in [0.2, 0.25) is 5.02 Å². The van der Waals surface area contributed by atoms with E-state index >= 15 is 0 Å². The van der Waals surface area contributed by atoms with Crippen LogP contribution in [0, 0.1) is 6.92 Å². The molecule has 0 radical (unpaired) electrons. The van der Waals surface area contributed by atoms with Crippen LogP contribution in [-0.4, -0.2) is 35.9 Å². The van der Waals surface area contributed by atoms with Crippen molar-refractivity contribution in [3.05, 3.63) is 58.6 Å². The van der Waals surface area contributed by atoms with Gasteiger partial charge < -0.3 is 4.74 Å². The Balaban J connectivity index is 1.52. The van der Waals surface area contributed by atoms with E-state index in [9.17, 15) is 4.79 Å². The number of amides is 1. The highest BCUT2D eigenvalue weighted by atomic mass is 35.5. The summed E-state index contributed by atoms with van der Waals surface area (Å²) in [5.74, 6) is 1.30. The Bertz CT molecular complexity index is 987. The van der Waals surface area contributed by atoms with Crippen LogP contribution < -0.4 is 4.90 Å². The predicted octanol–water partition coefficient (Wildman–Crippen LogP) is 5.70. The van der Waals surface area contributed by atoms with Gasteiger partial charge in [-0.2, -0.15) is 0 Å². The van der Waals surface area contributed by atoms with Gasteiger partial charge in [-0.05, 0) is 43.0 Å². The van der Waals surface area contributed by atoms with E-state index in [0.29, 0.717) is 17.3 Å². The van der Waals surface area contributed by atoms with Gasteiger partial charge in [-0.25, -0.2) is 4.98 Å². The van der Waals surface area contributed by atoms with Crippen molar-refractivity contribution in [3.8, 4) is 0 Å². The van der Waals surface area contributed by atoms with Crippen molar-refractivity contribution in [1.29, 1.82) is 0 Å². The molecular formula is C22H23ClN2O2S2. The number of hydrogen-bond donors (Lipinski definition) is 0. The number of ether oxygens (including phenoxy) is 1. The Morgan fingerprint density at radius 2 is 2.17 bits per heavy atom. The van der Waals surface area contributed by atoms with Gasteiger partial charge in [-0.3, -0.25) is 9.69 Å². The first-order valence-corrected chi connectivity index (χ1v) is 12.1. The molecule has 1 atom stereocenters. The van der Waals surface area contributed by atoms with Crippen LogP contribution in [0.3, 0.4) is 0 Å². The smallest absolute Gasteiger partial charge is 0.238 e. The predicted molar refractivity (Wildman–Crippen MR) is 123 cm³/mol. The molecule has 0 N–H and O–H groups in total. The molecule has 2 heterocycles. The summed E-state index contributed by atoms with van der Waals surface area (Å²) in [7, 11) is 0. The first-order valence-electron chi connectivity index (χ1n) is 9.70. The topological polar surface area (TPSA) is 42.4 Å². The number of aromatic nitrogens is 1. The fourth-order valence-corrected chi connectivity index (χ4v) is 5.75. The molecule has 1 aliphatic heterocycles. The highest BCUT2D eigenvalue weighted by Crippen LogP contribution is 2.34. The first-order chi connectivity index (χ1) is 14.1. The highest BCUT2D eigenvalue weighted by molar-refractivity contribution is 7.99. The van der Waals surface area contributed by atoms with E-state index in [2.05, 4.69) is 12.1 Å². The van der Waals surface area contributed by atoms with Gasteiger partial charge in [0.15, 0.2) is 5.13 Å². The molecule has 0 saturated carbocycles. The summed E-state index contributed by atoms with van der Waals surface area (Å²) >= 11 is 9.37. The van der Waals surface area contributed by atoms with Gasteiger partial charge in [0.25, 0.3) is 0 Å². The number of hydrogen-bond acceptors (Lipinski definition) is 5. The summed E-state index contributed by atoms with van der Waals surface area (Å²) in [5, 5.41) is 1.42. The molecule has 1 aliphatic rings. The molecular weight excluding hydrogens is 424 g/mol. The minimum atomic E-state index is 0.0734. The van der Waals surface area contributed by atoms with Crippen molar-refractivity contribution in [1.82, 2.24) is 4.98 Å². The maximum absolute atomic E-state index is 13.1. The lowest BCUT2D eigenvalue weighted by molar-refractivity contribution is -0.116. The molecule has 4 nitrogen and oxygen atoms in total. The van der Waals surface area contributed by atoms with E-state index in [4.69, 9.17) is 21.3 Å². The van der Waals surface area contributed by atoms with E-state index in [-0.39, 0.29) is 12.0 Å². The van der Waals surface area contributed by atoms with Gasteiger partial charge in [0.05, 0.1) is 28.6 Å². The minimum absolute atomic E-state index is 0.0734. The maximum atomic E-state index is 13.1. The molecule has 1 amide bonds. The Morgan fingerprint density at radius 3 is 2.93 bits per heavy atom. The van der Waals surface area contributed by atoms with Crippen LogP contribution in [0.1, 0.15) is 24.0 Å². The molecule has 1 unspecified atom stereocenters. The van der Waals surface area contributed by atoms with Crippen molar-refractivity contribution in [2.24, 2.45) is 0 Å². The first kappa shape index (κ1) is 20.7. The van der Waals surface area contributed by atoms with E-state index in [1.54, 1.807) is 11.8 Å². The van der Waals surface area contributed by atoms with Gasteiger partial charge in [0.2, 0.25) is 5.91 Å². The number of fused-ring (bicyclic) bond motifs is 1. The van der Waals surface area contributed by atoms with Crippen molar-refractivity contribution in [3.63, 3.8) is 0 Å². The van der Waals surface area contributed by atoms with Crippen LogP contribution in [-0.2, 0) is 15.3 Å². The SMILES string of the molecule is Cc1cc(Cl)cc2sc(N(CC3CCCO3)C(=O)CSCc3ccccc3)nc12. The third kappa shape index (κ3) is 5.12. The van der Waals surface area contributed by atoms with Crippen molar-refractivity contribution in [2.75, 3.05) is 23.8 Å². The Kier molecular flexibility index (Phi) is 6.75. The second kappa shape index (κ2) is 9.47. The quantitative estimate of drug-likeness (QED) is 0.466. The summed E-state index contributed by atoms with van der Waals surface area (Å²) in [6.07, 6.45) is 2.11. The third-order valence-electron chi connectivity index (χ3n) is 4.92. The number of anilines is 1. The van der Waals surface area contributed by atoms with Crippen LogP contribution >= 0.6 is 34.7 Å². The van der Waals surface area contributed by atoms with E-state index < -0.39 is 0 Å². The summed E-state index contributed by atoms with van der Waals surface area (Å²) in [6.45, 7) is 3.32. The zero-order valence-corrected chi connectivity index (χ0v) is 18.7. The zero-order valence-electron chi connectivity index (χ0n) is 16.3. The number of nitrogens with zero attached hydrogens (tertiary/aromatic N) is 2. The largest absolute Gasteiger partial charge is 0.376 e. The van der Waals surface area contributed by atoms with Gasteiger partial charge >= 0.3 is 0 Å². The van der Waals surface area contributed by atoms with Crippen LogP contribution in [0.25, 0.3) is 10.2 Å². The van der Waals surface area contributed by atoms with Crippen molar-refractivity contribution < 1.29 is 9.53 Å². The average Bonchev–Trinajstić information content (AvgIpc) is 3.36. The lowest BCUT2D eigenvalue weighted by Gasteiger charge is -2.23. The Labute approximate surface area is 184 Å². The second-order valence-electron chi connectivity index (χ2n) is 7.18. The van der Waals surface area contributed by atoms with Crippen LogP contribution in [0.5, 0.6) is 0 Å². The van der Waals surface area contributed by atoms with Gasteiger partial charge in [0, 0.05) is 17.4 Å². The fourth-order valence-electron chi connectivity index (χ4n) is 3.45. The Morgan fingerprint density at radius 1 is 1.34 bits per heavy atom. The summed E-state index contributed by atoms with van der Waals surface area (Å²) in [6, 6.07) is 14.1. The van der Waals surface area contributed by atoms with Crippen molar-refractivity contribution >= 4 is 56.0 Å². The Hall–Kier alpha value is -1.60. The molecule has 1 fully saturated rings. The zero-order chi connectivity index (χ0) is 20.2. The number of carbonyl (C=O) groups is 1. The third-order valence-corrected chi connectivity index (χ3v) is 7.15. The lowest BCUT2D eigenvalue weighted by atomic mass is 10.2. The molecule has 7 heteroatoms. The van der Waals surface area contributed by atoms with E-state index in [1.165, 1.54) is 16.9 Å². The number of halogens is 1. The molecule has 4 rings (SSSR count). The normalized spacial score (nSPS) is 16.4. The summed E-state index contributed by atoms with van der Waals surface area (Å²) in [4.78, 5) is 19.7. The molecule has 152 valence electrons. The number of thiazole rings is 1. The number of rotatable bonds is 7. The average molecular weight is 447 g/mol. The summed E-state index contributed by atoms with van der Waals surface area (Å²) < 4.78 is 6.81. The molecule has 2 aromatic carbocycles. The number of carbonyl (C=O) groups excluding carboxylic acids is 1. The fraction of sp³-hybridized carbons (Fsp3) is 0.364. The van der Waals surface area contributed by atoms with Crippen molar-refractivity contribution in [2.45, 2.75) is 31.6 Å². The van der Waals surface area contributed by atoms with Gasteiger partial charge in [0.1, 0.15) is 0 Å². The van der Waals surface area contributed by atoms with Crippen LogP contribution in [0.15, 0.2) is 42.5 Å². The number of benzene rings is 2. The molecule has 1 aromatic heterocycles. The second-order valence-corrected chi connectivity index (χ2v) is 9.61. The minimum Gasteiger partial charge on any atom is -0.376 e. The highest BCUT2D eigenvalue weighted by Gasteiger charge is 2.26. The monoisotopic (exact) mass is 446 g/mol. The molecule has 0 spiro atoms. The maximum Gasteiger partial charge on any atom is 0.238 e. The lowest BCUT2D eigenvalue weighted by Crippen LogP contribution is -2.38. The van der Waals surface area contributed by atoms with E-state index in [0.717, 1.165) is 46.1 Å². The number of thioether (sulfide) groups is 1. The van der Waals surface area contributed by atoms with Gasteiger partial charge in [-0.1, -0.05) is 53.3 Å². The molecule has 29 heavy (non-hydrogen) atoms. The molecule has 1 saturated heterocycles. The summed E-state index contributed by atoms with van der Waals surface area (Å²) in [5.41, 5.74) is 3.16. The van der Waals surface area contributed by atoms with E-state index in [1.807, 2.05) is 42.2 Å². The van der Waals surface area contributed by atoms with Crippen LogP contribution in [0.4, 0.5) is 5.13 Å². The number of aryl methyl sites for hydroxylation is 1. The molecule has 3 aromatic rings. The molecule has 0 aliphatic carbocycles. The standard InChI is InChI=1S/C22H23ClN2O2S2/c1-15-10-17(23)11-19-21(15)24-22(29-19)25(12-18-8-5-9-27-18)20(26)14-28-13-16-6-3-2-4-7-16/h2-4,6-7,10-11,18H,5,8-9,12-14H2,1H3. The molecule has 0 bridgehead atoms. The van der Waals surface area contributed by atoms with Gasteiger partial charge in [-0.15, -0.1) is 11.8 Å².